The number of hydrazone groups is 1. The summed E-state index contributed by atoms with van der Waals surface area (Å²) >= 11 is 4.55. The highest BCUT2D eigenvalue weighted by Gasteiger charge is 2.24. The maximum absolute atomic E-state index is 14.1. The molecule has 0 aromatic heterocycles. The van der Waals surface area contributed by atoms with Gasteiger partial charge in [-0.05, 0) is 50.2 Å². The Balaban J connectivity index is 0.000000292. The summed E-state index contributed by atoms with van der Waals surface area (Å²) in [5, 5.41) is 6.61. The minimum atomic E-state index is -0.533. The van der Waals surface area contributed by atoms with E-state index in [4.69, 9.17) is 5.73 Å². The van der Waals surface area contributed by atoms with Gasteiger partial charge >= 0.3 is 0 Å². The first kappa shape index (κ1) is 21.6. The van der Waals surface area contributed by atoms with Gasteiger partial charge in [-0.2, -0.15) is 5.10 Å². The molecule has 1 aliphatic heterocycles. The van der Waals surface area contributed by atoms with Crippen LogP contribution in [0.3, 0.4) is 0 Å². The van der Waals surface area contributed by atoms with Crippen LogP contribution in [0.5, 0.6) is 0 Å². The second-order valence-corrected chi connectivity index (χ2v) is 6.80. The second-order valence-electron chi connectivity index (χ2n) is 6.36. The van der Waals surface area contributed by atoms with Crippen molar-refractivity contribution in [1.29, 1.82) is 0 Å². The standard InChI is InChI=1S/C13H16F2N4S.C7H9N/c1-8-3-2-4-19(8)12-6-10(14)9(5-11(12)15)7-17-18-13(16)20;1-8-7-5-3-2-4-6-7/h5-8H,2-4H2,1H3,(H3,16,18,20);2-6,8H,1H3/b17-7+;. The molecule has 1 aliphatic rings. The molecule has 1 heterocycles. The number of halogens is 2. The molecule has 0 aliphatic carbocycles. The predicted octanol–water partition coefficient (Wildman–Crippen LogP) is 3.85. The molecule has 4 N–H and O–H groups in total. The molecular weight excluding hydrogens is 380 g/mol. The number of nitrogens with zero attached hydrogens (tertiary/aromatic N) is 2. The van der Waals surface area contributed by atoms with Gasteiger partial charge in [0.25, 0.3) is 0 Å². The average molecular weight is 406 g/mol. The predicted molar refractivity (Wildman–Crippen MR) is 116 cm³/mol. The van der Waals surface area contributed by atoms with Crippen LogP contribution in [0.25, 0.3) is 0 Å². The summed E-state index contributed by atoms with van der Waals surface area (Å²) in [6.45, 7) is 2.75. The Morgan fingerprint density at radius 1 is 1.25 bits per heavy atom. The van der Waals surface area contributed by atoms with Gasteiger partial charge in [-0.3, -0.25) is 5.43 Å². The van der Waals surface area contributed by atoms with E-state index in [1.807, 2.05) is 49.2 Å². The highest BCUT2D eigenvalue weighted by Crippen LogP contribution is 2.29. The summed E-state index contributed by atoms with van der Waals surface area (Å²) in [4.78, 5) is 1.88. The smallest absolute Gasteiger partial charge is 0.184 e. The van der Waals surface area contributed by atoms with Crippen LogP contribution in [-0.2, 0) is 0 Å². The van der Waals surface area contributed by atoms with Crippen molar-refractivity contribution >= 4 is 34.9 Å². The normalized spacial score (nSPS) is 15.9. The van der Waals surface area contributed by atoms with Crippen LogP contribution in [0.4, 0.5) is 20.2 Å². The minimum absolute atomic E-state index is 0.0374. The monoisotopic (exact) mass is 405 g/mol. The van der Waals surface area contributed by atoms with Gasteiger partial charge < -0.3 is 16.0 Å². The van der Waals surface area contributed by atoms with E-state index in [0.717, 1.165) is 37.4 Å². The van der Waals surface area contributed by atoms with Crippen molar-refractivity contribution in [2.24, 2.45) is 10.8 Å². The molecule has 2 aromatic carbocycles. The largest absolute Gasteiger partial charge is 0.388 e. The van der Waals surface area contributed by atoms with E-state index < -0.39 is 11.6 Å². The van der Waals surface area contributed by atoms with Gasteiger partial charge in [0.15, 0.2) is 5.11 Å². The zero-order valence-electron chi connectivity index (χ0n) is 16.0. The summed E-state index contributed by atoms with van der Waals surface area (Å²) in [5.41, 5.74) is 8.98. The van der Waals surface area contributed by atoms with E-state index in [9.17, 15) is 8.78 Å². The summed E-state index contributed by atoms with van der Waals surface area (Å²) in [7, 11) is 1.91. The van der Waals surface area contributed by atoms with E-state index in [1.165, 1.54) is 6.07 Å². The van der Waals surface area contributed by atoms with Gasteiger partial charge in [0.1, 0.15) is 11.6 Å². The molecule has 5 nitrogen and oxygen atoms in total. The quantitative estimate of drug-likeness (QED) is 0.410. The molecule has 0 amide bonds. The first-order valence-electron chi connectivity index (χ1n) is 8.99. The lowest BCUT2D eigenvalue weighted by Gasteiger charge is -2.24. The van der Waals surface area contributed by atoms with Crippen molar-refractivity contribution < 1.29 is 8.78 Å². The molecule has 0 spiro atoms. The maximum Gasteiger partial charge on any atom is 0.184 e. The molecule has 150 valence electrons. The van der Waals surface area contributed by atoms with E-state index in [2.05, 4.69) is 28.1 Å². The number of hydrogen-bond donors (Lipinski definition) is 3. The fourth-order valence-corrected chi connectivity index (χ4v) is 2.98. The number of rotatable bonds is 4. The van der Waals surface area contributed by atoms with E-state index in [0.29, 0.717) is 5.69 Å². The lowest BCUT2D eigenvalue weighted by atomic mass is 10.1. The fraction of sp³-hybridized carbons (Fsp3) is 0.300. The zero-order chi connectivity index (χ0) is 20.5. The molecule has 28 heavy (non-hydrogen) atoms. The highest BCUT2D eigenvalue weighted by molar-refractivity contribution is 7.80. The molecule has 1 atom stereocenters. The van der Waals surface area contributed by atoms with Gasteiger partial charge in [-0.1, -0.05) is 18.2 Å². The van der Waals surface area contributed by atoms with Gasteiger partial charge in [0.05, 0.1) is 11.9 Å². The van der Waals surface area contributed by atoms with Crippen molar-refractivity contribution in [3.05, 3.63) is 59.7 Å². The van der Waals surface area contributed by atoms with Crippen LogP contribution < -0.4 is 21.4 Å². The third-order valence-electron chi connectivity index (χ3n) is 4.37. The first-order valence-corrected chi connectivity index (χ1v) is 9.40. The Morgan fingerprint density at radius 2 is 1.96 bits per heavy atom. The first-order chi connectivity index (χ1) is 13.4. The Labute approximate surface area is 169 Å². The van der Waals surface area contributed by atoms with Crippen LogP contribution in [0.15, 0.2) is 47.6 Å². The van der Waals surface area contributed by atoms with Crippen molar-refractivity contribution in [1.82, 2.24) is 5.43 Å². The molecule has 2 aromatic rings. The molecule has 0 bridgehead atoms. The Morgan fingerprint density at radius 3 is 2.50 bits per heavy atom. The number of anilines is 2. The van der Waals surface area contributed by atoms with Crippen LogP contribution in [0, 0.1) is 11.6 Å². The van der Waals surface area contributed by atoms with Crippen LogP contribution in [0.1, 0.15) is 25.3 Å². The number of thiocarbonyl (C=S) groups is 1. The van der Waals surface area contributed by atoms with Crippen LogP contribution in [0.2, 0.25) is 0 Å². The van der Waals surface area contributed by atoms with Crippen molar-refractivity contribution in [2.45, 2.75) is 25.8 Å². The third kappa shape index (κ3) is 6.16. The summed E-state index contributed by atoms with van der Waals surface area (Å²) in [5.74, 6) is -0.995. The van der Waals surface area contributed by atoms with Gasteiger partial charge in [-0.15, -0.1) is 0 Å². The Hall–Kier alpha value is -2.74. The SMILES string of the molecule is CC1CCCN1c1cc(F)c(/C=N/NC(N)=S)cc1F.CNc1ccccc1. The molecular formula is C20H25F2N5S. The minimum Gasteiger partial charge on any atom is -0.388 e. The van der Waals surface area contributed by atoms with Crippen LogP contribution in [-0.4, -0.2) is 31.0 Å². The average Bonchev–Trinajstić information content (AvgIpc) is 3.11. The number of hydrogen-bond acceptors (Lipinski definition) is 4. The highest BCUT2D eigenvalue weighted by atomic mass is 32.1. The molecule has 1 unspecified atom stereocenters. The van der Waals surface area contributed by atoms with Crippen molar-refractivity contribution in [3.8, 4) is 0 Å². The molecule has 1 saturated heterocycles. The van der Waals surface area contributed by atoms with E-state index in [1.54, 1.807) is 0 Å². The summed E-state index contributed by atoms with van der Waals surface area (Å²) in [6, 6.07) is 12.6. The maximum atomic E-state index is 14.1. The molecule has 0 saturated carbocycles. The second kappa shape index (κ2) is 10.6. The molecule has 8 heteroatoms. The van der Waals surface area contributed by atoms with Crippen molar-refractivity contribution in [3.63, 3.8) is 0 Å². The topological polar surface area (TPSA) is 65.7 Å². The van der Waals surface area contributed by atoms with Gasteiger partial charge in [0, 0.05) is 37.0 Å². The molecule has 1 fully saturated rings. The third-order valence-corrected chi connectivity index (χ3v) is 4.46. The fourth-order valence-electron chi connectivity index (χ4n) is 2.93. The molecule has 3 rings (SSSR count). The zero-order valence-corrected chi connectivity index (χ0v) is 16.8. The van der Waals surface area contributed by atoms with Gasteiger partial charge in [0.2, 0.25) is 0 Å². The lowest BCUT2D eigenvalue weighted by Crippen LogP contribution is -2.27. The van der Waals surface area contributed by atoms with Gasteiger partial charge in [-0.25, -0.2) is 8.78 Å². The van der Waals surface area contributed by atoms with Crippen LogP contribution >= 0.6 is 12.2 Å². The molecule has 0 radical (unpaired) electrons. The Bertz CT molecular complexity index is 814. The number of benzene rings is 2. The Kier molecular flexibility index (Phi) is 8.13. The number of para-hydroxylation sites is 1. The number of nitrogens with two attached hydrogens (primary N) is 1. The van der Waals surface area contributed by atoms with E-state index >= 15 is 0 Å². The van der Waals surface area contributed by atoms with Crippen molar-refractivity contribution in [2.75, 3.05) is 23.8 Å². The lowest BCUT2D eigenvalue weighted by molar-refractivity contribution is 0.589. The van der Waals surface area contributed by atoms with E-state index in [-0.39, 0.29) is 16.7 Å². The summed E-state index contributed by atoms with van der Waals surface area (Å²) < 4.78 is 28.1. The number of nitrogens with one attached hydrogen (secondary N) is 2. The summed E-state index contributed by atoms with van der Waals surface area (Å²) in [6.07, 6.45) is 3.13.